The molecule has 3 heterocycles. The third kappa shape index (κ3) is 3.48. The van der Waals surface area contributed by atoms with Crippen LogP contribution in [0.2, 0.25) is 0 Å². The van der Waals surface area contributed by atoms with Crippen molar-refractivity contribution in [1.82, 2.24) is 15.0 Å². The average Bonchev–Trinajstić information content (AvgIpc) is 3.30. The van der Waals surface area contributed by atoms with E-state index in [4.69, 9.17) is 4.42 Å². The first-order valence-electron chi connectivity index (χ1n) is 8.49. The van der Waals surface area contributed by atoms with Crippen LogP contribution >= 0.6 is 11.3 Å². The lowest BCUT2D eigenvalue weighted by Gasteiger charge is -2.24. The van der Waals surface area contributed by atoms with Crippen molar-refractivity contribution in [3.05, 3.63) is 71.6 Å². The van der Waals surface area contributed by atoms with E-state index in [0.29, 0.717) is 5.69 Å². The van der Waals surface area contributed by atoms with Crippen LogP contribution in [0.15, 0.2) is 37.2 Å². The minimum absolute atomic E-state index is 0.155. The summed E-state index contributed by atoms with van der Waals surface area (Å²) >= 11 is 1.52. The van der Waals surface area contributed by atoms with Crippen molar-refractivity contribution in [2.45, 2.75) is 39.0 Å². The second-order valence-corrected chi connectivity index (χ2v) is 7.20. The van der Waals surface area contributed by atoms with Gasteiger partial charge < -0.3 is 14.4 Å². The van der Waals surface area contributed by atoms with Crippen LogP contribution in [0.5, 0.6) is 0 Å². The van der Waals surface area contributed by atoms with E-state index in [1.54, 1.807) is 12.2 Å². The molecule has 0 spiro atoms. The second-order valence-electron chi connectivity index (χ2n) is 6.42. The van der Waals surface area contributed by atoms with E-state index in [0.717, 1.165) is 24.2 Å². The number of hydrogen-bond donors (Lipinski definition) is 2. The number of hydrogen-bond acceptors (Lipinski definition) is 5. The molecule has 3 aromatic heterocycles. The lowest BCUT2D eigenvalue weighted by molar-refractivity contribution is 0.338. The van der Waals surface area contributed by atoms with Gasteiger partial charge in [-0.15, -0.1) is 0 Å². The zero-order chi connectivity index (χ0) is 18.7. The number of aromatic amines is 2. The molecule has 0 aliphatic heterocycles. The summed E-state index contributed by atoms with van der Waals surface area (Å²) in [7, 11) is 0. The van der Waals surface area contributed by atoms with E-state index in [2.05, 4.69) is 35.7 Å². The molecule has 3 rings (SSSR count). The van der Waals surface area contributed by atoms with Gasteiger partial charge in [-0.25, -0.2) is 4.98 Å². The summed E-state index contributed by atoms with van der Waals surface area (Å²) in [5, 5.41) is 4.18. The van der Waals surface area contributed by atoms with Gasteiger partial charge in [-0.1, -0.05) is 20.8 Å². The van der Waals surface area contributed by atoms with Gasteiger partial charge in [-0.05, 0) is 47.4 Å². The molecule has 6 nitrogen and oxygen atoms in total. The maximum atomic E-state index is 12.4. The fourth-order valence-corrected chi connectivity index (χ4v) is 3.35. The van der Waals surface area contributed by atoms with Gasteiger partial charge in [0.15, 0.2) is 6.39 Å². The van der Waals surface area contributed by atoms with Crippen LogP contribution in [0.25, 0.3) is 12.2 Å². The zero-order valence-electron chi connectivity index (χ0n) is 15.0. The Bertz CT molecular complexity index is 1120. The molecule has 0 fully saturated rings. The van der Waals surface area contributed by atoms with Crippen LogP contribution in [0.1, 0.15) is 50.6 Å². The Morgan fingerprint density at radius 3 is 2.38 bits per heavy atom. The molecule has 0 aliphatic carbocycles. The van der Waals surface area contributed by atoms with Crippen molar-refractivity contribution in [2.24, 2.45) is 0 Å². The van der Waals surface area contributed by atoms with Crippen LogP contribution in [-0.2, 0) is 5.41 Å². The first-order chi connectivity index (χ1) is 12.5. The molecule has 26 heavy (non-hydrogen) atoms. The third-order valence-corrected chi connectivity index (χ3v) is 5.53. The smallest absolute Gasteiger partial charge is 0.272 e. The Morgan fingerprint density at radius 1 is 1.15 bits per heavy atom. The van der Waals surface area contributed by atoms with Crippen LogP contribution < -0.4 is 21.8 Å². The monoisotopic (exact) mass is 371 g/mol. The topological polar surface area (TPSA) is 91.8 Å². The average molecular weight is 371 g/mol. The van der Waals surface area contributed by atoms with Gasteiger partial charge in [0.05, 0.1) is 0 Å². The molecular weight excluding hydrogens is 350 g/mol. The zero-order valence-corrected chi connectivity index (χ0v) is 15.8. The predicted octanol–water partition coefficient (Wildman–Crippen LogP) is 1.85. The first-order valence-corrected chi connectivity index (χ1v) is 9.43. The lowest BCUT2D eigenvalue weighted by Crippen LogP contribution is -2.46. The summed E-state index contributed by atoms with van der Waals surface area (Å²) in [5.74, 6) is 0.719. The van der Waals surface area contributed by atoms with E-state index < -0.39 is 0 Å². The first kappa shape index (κ1) is 18.1. The molecule has 0 saturated carbocycles. The summed E-state index contributed by atoms with van der Waals surface area (Å²) in [6, 6.07) is 1.88. The van der Waals surface area contributed by atoms with Crippen molar-refractivity contribution in [1.29, 1.82) is 0 Å². The Morgan fingerprint density at radius 2 is 1.81 bits per heavy atom. The molecular formula is C19H21N3O3S. The van der Waals surface area contributed by atoms with Crippen molar-refractivity contribution in [3.8, 4) is 0 Å². The Kier molecular flexibility index (Phi) is 5.08. The second kappa shape index (κ2) is 7.29. The number of rotatable bonds is 5. The minimum Gasteiger partial charge on any atom is -0.447 e. The molecule has 2 N–H and O–H groups in total. The van der Waals surface area contributed by atoms with Crippen LogP contribution in [0, 0.1) is 0 Å². The fourth-order valence-electron chi connectivity index (χ4n) is 2.74. The molecule has 7 heteroatoms. The Balaban J connectivity index is 2.13. The highest BCUT2D eigenvalue weighted by Crippen LogP contribution is 2.33. The summed E-state index contributed by atoms with van der Waals surface area (Å²) in [6.45, 7) is 6.26. The van der Waals surface area contributed by atoms with E-state index in [-0.39, 0.29) is 27.2 Å². The van der Waals surface area contributed by atoms with Gasteiger partial charge in [-0.2, -0.15) is 11.3 Å². The quantitative estimate of drug-likeness (QED) is 0.716. The highest BCUT2D eigenvalue weighted by Gasteiger charge is 2.29. The minimum atomic E-state index is -0.380. The molecule has 0 bridgehead atoms. The van der Waals surface area contributed by atoms with Crippen molar-refractivity contribution in [3.63, 3.8) is 0 Å². The van der Waals surface area contributed by atoms with Gasteiger partial charge in [0, 0.05) is 5.41 Å². The lowest BCUT2D eigenvalue weighted by atomic mass is 9.81. The van der Waals surface area contributed by atoms with E-state index in [1.807, 2.05) is 16.8 Å². The Hall–Kier alpha value is -2.67. The van der Waals surface area contributed by atoms with Crippen molar-refractivity contribution in [2.75, 3.05) is 0 Å². The molecule has 0 aliphatic rings. The molecule has 3 aromatic rings. The molecule has 0 radical (unpaired) electrons. The van der Waals surface area contributed by atoms with E-state index >= 15 is 0 Å². The van der Waals surface area contributed by atoms with Crippen LogP contribution in [0.4, 0.5) is 0 Å². The van der Waals surface area contributed by atoms with Gasteiger partial charge in [0.1, 0.15) is 22.2 Å². The molecule has 136 valence electrons. The number of H-pyrrole nitrogens is 2. The summed E-state index contributed by atoms with van der Waals surface area (Å²) in [5.41, 5.74) is 0.512. The molecule has 0 saturated heterocycles. The molecule has 0 amide bonds. The fraction of sp³-hybridized carbons (Fsp3) is 0.316. The third-order valence-electron chi connectivity index (χ3n) is 4.82. The van der Waals surface area contributed by atoms with Crippen LogP contribution in [0.3, 0.4) is 0 Å². The van der Waals surface area contributed by atoms with Gasteiger partial charge in [0.25, 0.3) is 11.1 Å². The Labute approximate surface area is 154 Å². The van der Waals surface area contributed by atoms with E-state index in [1.165, 1.54) is 17.7 Å². The number of thiophene rings is 1. The molecule has 0 unspecified atom stereocenters. The molecule has 0 aromatic carbocycles. The summed E-state index contributed by atoms with van der Waals surface area (Å²) in [4.78, 5) is 34.2. The van der Waals surface area contributed by atoms with Gasteiger partial charge in [0.2, 0.25) is 0 Å². The molecule has 0 atom stereocenters. The highest BCUT2D eigenvalue weighted by atomic mass is 32.1. The van der Waals surface area contributed by atoms with Crippen molar-refractivity contribution < 1.29 is 4.42 Å². The van der Waals surface area contributed by atoms with E-state index in [9.17, 15) is 9.59 Å². The summed E-state index contributed by atoms with van der Waals surface area (Å²) in [6.07, 6.45) is 6.34. The number of nitrogens with one attached hydrogen (secondary N) is 2. The maximum absolute atomic E-state index is 12.4. The number of nitrogens with zero attached hydrogens (tertiary/aromatic N) is 1. The maximum Gasteiger partial charge on any atom is 0.272 e. The predicted molar refractivity (Wildman–Crippen MR) is 103 cm³/mol. The van der Waals surface area contributed by atoms with Crippen LogP contribution in [-0.4, -0.2) is 15.0 Å². The summed E-state index contributed by atoms with van der Waals surface area (Å²) < 4.78 is 5.60. The SMILES string of the molecule is CCC(C)(CC)c1ocnc1/C=c1\[nH]c(=O)/c(=C/c2ccsc2)[nH]c1=O. The standard InChI is InChI=1S/C19H21N3O3S/c1-4-19(3,5-2)16-13(20-11-25-16)9-15-18(24)21-14(17(23)22-15)8-12-6-7-26-10-12/h6-11H,4-5H2,1-3H3,(H,21,24)(H,22,23)/b14-8-,15-9-. The van der Waals surface area contributed by atoms with Gasteiger partial charge in [-0.3, -0.25) is 9.59 Å². The normalized spacial score (nSPS) is 13.5. The number of oxazole rings is 1. The van der Waals surface area contributed by atoms with Gasteiger partial charge >= 0.3 is 0 Å². The largest absolute Gasteiger partial charge is 0.447 e. The van der Waals surface area contributed by atoms with Crippen molar-refractivity contribution >= 4 is 23.5 Å². The number of aromatic nitrogens is 3. The highest BCUT2D eigenvalue weighted by molar-refractivity contribution is 7.08.